The lowest BCUT2D eigenvalue weighted by Gasteiger charge is -2.27. The van der Waals surface area contributed by atoms with Gasteiger partial charge in [0.1, 0.15) is 0 Å². The molecule has 0 fully saturated rings. The third kappa shape index (κ3) is 3.34. The lowest BCUT2D eigenvalue weighted by molar-refractivity contribution is 0.491. The van der Waals surface area contributed by atoms with Crippen molar-refractivity contribution in [3.63, 3.8) is 0 Å². The van der Waals surface area contributed by atoms with Crippen molar-refractivity contribution in [2.24, 2.45) is 0 Å². The first-order valence-corrected chi connectivity index (χ1v) is 9.31. The smallest absolute Gasteiger partial charge is 0.240 e. The van der Waals surface area contributed by atoms with Crippen molar-refractivity contribution in [1.82, 2.24) is 10.0 Å². The number of nitriles is 1. The third-order valence-corrected chi connectivity index (χ3v) is 5.87. The van der Waals surface area contributed by atoms with Crippen molar-refractivity contribution in [3.8, 4) is 6.07 Å². The summed E-state index contributed by atoms with van der Waals surface area (Å²) in [6.07, 6.45) is 0.953. The zero-order valence-electron chi connectivity index (χ0n) is 13.4. The normalized spacial score (nSPS) is 17.1. The topological polar surface area (TPSA) is 82.0 Å². The molecule has 6 heteroatoms. The average molecular weight is 341 g/mol. The van der Waals surface area contributed by atoms with Crippen molar-refractivity contribution in [1.29, 1.82) is 5.26 Å². The molecule has 0 aromatic heterocycles. The SMILES string of the molecule is Cc1cc(C#N)ccc1S(=O)(=O)NCC1NCCc2ccccc21. The fraction of sp³-hybridized carbons (Fsp3) is 0.278. The maximum absolute atomic E-state index is 12.6. The van der Waals surface area contributed by atoms with E-state index in [0.717, 1.165) is 18.5 Å². The fourth-order valence-corrected chi connectivity index (χ4v) is 4.34. The van der Waals surface area contributed by atoms with Crippen LogP contribution in [0.25, 0.3) is 0 Å². The van der Waals surface area contributed by atoms with Crippen LogP contribution in [-0.4, -0.2) is 21.5 Å². The van der Waals surface area contributed by atoms with E-state index >= 15 is 0 Å². The summed E-state index contributed by atoms with van der Waals surface area (Å²) in [6.45, 7) is 2.82. The number of rotatable bonds is 4. The Kier molecular flexibility index (Phi) is 4.67. The highest BCUT2D eigenvalue weighted by molar-refractivity contribution is 7.89. The van der Waals surface area contributed by atoms with Crippen LogP contribution >= 0.6 is 0 Å². The standard InChI is InChI=1S/C18H19N3O2S/c1-13-10-14(11-19)6-7-18(13)24(22,23)21-12-17-16-5-3-2-4-15(16)8-9-20-17/h2-7,10,17,20-21H,8-9,12H2,1H3. The molecule has 1 unspecified atom stereocenters. The predicted molar refractivity (Wildman–Crippen MR) is 92.0 cm³/mol. The molecule has 0 saturated carbocycles. The number of benzene rings is 2. The molecule has 124 valence electrons. The van der Waals surface area contributed by atoms with E-state index in [0.29, 0.717) is 17.7 Å². The predicted octanol–water partition coefficient (Wildman–Crippen LogP) is 2.03. The van der Waals surface area contributed by atoms with Gasteiger partial charge in [-0.3, -0.25) is 0 Å². The molecule has 3 rings (SSSR count). The highest BCUT2D eigenvalue weighted by Crippen LogP contribution is 2.23. The van der Waals surface area contributed by atoms with E-state index in [2.05, 4.69) is 16.1 Å². The molecule has 1 aliphatic rings. The van der Waals surface area contributed by atoms with Gasteiger partial charge >= 0.3 is 0 Å². The Labute approximate surface area is 142 Å². The summed E-state index contributed by atoms with van der Waals surface area (Å²) in [5.74, 6) is 0. The Morgan fingerprint density at radius 2 is 2.08 bits per heavy atom. The first-order chi connectivity index (χ1) is 11.5. The van der Waals surface area contributed by atoms with Crippen LogP contribution in [0.4, 0.5) is 0 Å². The second-order valence-corrected chi connectivity index (χ2v) is 7.63. The summed E-state index contributed by atoms with van der Waals surface area (Å²) in [6, 6.07) is 14.7. The summed E-state index contributed by atoms with van der Waals surface area (Å²) in [5.41, 5.74) is 3.42. The van der Waals surface area contributed by atoms with Gasteiger partial charge in [0, 0.05) is 12.6 Å². The molecule has 5 nitrogen and oxygen atoms in total. The van der Waals surface area contributed by atoms with Gasteiger partial charge < -0.3 is 5.32 Å². The Bertz CT molecular complexity index is 901. The molecular formula is C18H19N3O2S. The minimum Gasteiger partial charge on any atom is -0.308 e. The quantitative estimate of drug-likeness (QED) is 0.891. The van der Waals surface area contributed by atoms with Crippen LogP contribution in [0.2, 0.25) is 0 Å². The van der Waals surface area contributed by atoms with Crippen LogP contribution in [0.5, 0.6) is 0 Å². The van der Waals surface area contributed by atoms with Crippen LogP contribution in [0.15, 0.2) is 47.4 Å². The Morgan fingerprint density at radius 3 is 2.83 bits per heavy atom. The molecule has 1 aliphatic heterocycles. The number of fused-ring (bicyclic) bond motifs is 1. The summed E-state index contributed by atoms with van der Waals surface area (Å²) >= 11 is 0. The monoisotopic (exact) mass is 341 g/mol. The van der Waals surface area contributed by atoms with Crippen molar-refractivity contribution in [3.05, 3.63) is 64.7 Å². The molecule has 0 aliphatic carbocycles. The molecule has 0 bridgehead atoms. The summed E-state index contributed by atoms with van der Waals surface area (Å²) < 4.78 is 27.9. The van der Waals surface area contributed by atoms with Crippen molar-refractivity contribution >= 4 is 10.0 Å². The minimum absolute atomic E-state index is 0.0385. The van der Waals surface area contributed by atoms with E-state index in [1.807, 2.05) is 24.3 Å². The van der Waals surface area contributed by atoms with Gasteiger partial charge in [-0.1, -0.05) is 24.3 Å². The van der Waals surface area contributed by atoms with Crippen LogP contribution in [0, 0.1) is 18.3 Å². The van der Waals surface area contributed by atoms with Gasteiger partial charge in [0.15, 0.2) is 0 Å². The third-order valence-electron chi connectivity index (χ3n) is 4.29. The molecule has 0 saturated heterocycles. The lowest BCUT2D eigenvalue weighted by Crippen LogP contribution is -2.39. The van der Waals surface area contributed by atoms with E-state index in [1.165, 1.54) is 17.7 Å². The molecule has 1 atom stereocenters. The molecule has 2 aromatic carbocycles. The molecule has 0 spiro atoms. The molecule has 2 N–H and O–H groups in total. The highest BCUT2D eigenvalue weighted by Gasteiger charge is 2.23. The number of hydrogen-bond donors (Lipinski definition) is 2. The van der Waals surface area contributed by atoms with Gasteiger partial charge in [0.05, 0.1) is 16.5 Å². The first kappa shape index (κ1) is 16.7. The van der Waals surface area contributed by atoms with Crippen molar-refractivity contribution in [2.45, 2.75) is 24.3 Å². The molecule has 1 heterocycles. The van der Waals surface area contributed by atoms with Crippen LogP contribution < -0.4 is 10.0 Å². The zero-order valence-corrected chi connectivity index (χ0v) is 14.2. The van der Waals surface area contributed by atoms with Gasteiger partial charge in [-0.15, -0.1) is 0 Å². The number of aryl methyl sites for hydroxylation is 1. The van der Waals surface area contributed by atoms with Crippen LogP contribution in [0.3, 0.4) is 0 Å². The second kappa shape index (κ2) is 6.73. The van der Waals surface area contributed by atoms with Crippen LogP contribution in [0.1, 0.15) is 28.3 Å². The average Bonchev–Trinajstić information content (AvgIpc) is 2.59. The van der Waals surface area contributed by atoms with E-state index < -0.39 is 10.0 Å². The maximum Gasteiger partial charge on any atom is 0.240 e. The van der Waals surface area contributed by atoms with Crippen molar-refractivity contribution in [2.75, 3.05) is 13.1 Å². The second-order valence-electron chi connectivity index (χ2n) is 5.90. The molecule has 2 aromatic rings. The minimum atomic E-state index is -3.62. The van der Waals surface area contributed by atoms with Crippen molar-refractivity contribution < 1.29 is 8.42 Å². The van der Waals surface area contributed by atoms with Gasteiger partial charge in [0.2, 0.25) is 10.0 Å². The molecular weight excluding hydrogens is 322 g/mol. The molecule has 0 amide bonds. The van der Waals surface area contributed by atoms with E-state index in [9.17, 15) is 8.42 Å². The van der Waals surface area contributed by atoms with Gasteiger partial charge in [-0.05, 0) is 54.8 Å². The summed E-state index contributed by atoms with van der Waals surface area (Å²) in [4.78, 5) is 0.214. The Balaban J connectivity index is 1.79. The number of nitrogens with one attached hydrogen (secondary N) is 2. The Morgan fingerprint density at radius 1 is 1.29 bits per heavy atom. The lowest BCUT2D eigenvalue weighted by atomic mass is 9.95. The van der Waals surface area contributed by atoms with Gasteiger partial charge in [0.25, 0.3) is 0 Å². The van der Waals surface area contributed by atoms with Crippen LogP contribution in [-0.2, 0) is 16.4 Å². The Hall–Kier alpha value is -2.20. The summed E-state index contributed by atoms with van der Waals surface area (Å²) in [5, 5.41) is 12.3. The number of sulfonamides is 1. The summed E-state index contributed by atoms with van der Waals surface area (Å²) in [7, 11) is -3.62. The van der Waals surface area contributed by atoms with E-state index in [-0.39, 0.29) is 10.9 Å². The molecule has 24 heavy (non-hydrogen) atoms. The first-order valence-electron chi connectivity index (χ1n) is 7.83. The van der Waals surface area contributed by atoms with Gasteiger partial charge in [-0.2, -0.15) is 5.26 Å². The highest BCUT2D eigenvalue weighted by atomic mass is 32.2. The van der Waals surface area contributed by atoms with E-state index in [4.69, 9.17) is 5.26 Å². The maximum atomic E-state index is 12.6. The largest absolute Gasteiger partial charge is 0.308 e. The number of nitrogens with zero attached hydrogens (tertiary/aromatic N) is 1. The molecule has 0 radical (unpaired) electrons. The van der Waals surface area contributed by atoms with Gasteiger partial charge in [-0.25, -0.2) is 13.1 Å². The number of hydrogen-bond acceptors (Lipinski definition) is 4. The van der Waals surface area contributed by atoms with E-state index in [1.54, 1.807) is 13.0 Å². The fourth-order valence-electron chi connectivity index (χ4n) is 3.07. The zero-order chi connectivity index (χ0) is 17.2.